The Morgan fingerprint density at radius 3 is 2.59 bits per heavy atom. The number of hydrogen-bond acceptors (Lipinski definition) is 4. The van der Waals surface area contributed by atoms with Gasteiger partial charge in [-0.3, -0.25) is 0 Å². The van der Waals surface area contributed by atoms with Gasteiger partial charge in [0.25, 0.3) is 0 Å². The van der Waals surface area contributed by atoms with Gasteiger partial charge in [0.1, 0.15) is 9.84 Å². The maximum atomic E-state index is 11.0. The summed E-state index contributed by atoms with van der Waals surface area (Å²) < 4.78 is 23.0. The molecular formula is C11H16BrNO2S2. The molecule has 0 saturated heterocycles. The van der Waals surface area contributed by atoms with Crippen molar-refractivity contribution in [2.24, 2.45) is 5.73 Å². The normalized spacial score (nSPS) is 13.6. The fraction of sp³-hybridized carbons (Fsp3) is 0.455. The zero-order valence-corrected chi connectivity index (χ0v) is 13.0. The molecule has 0 saturated carbocycles. The fourth-order valence-corrected chi connectivity index (χ4v) is 4.09. The standard InChI is InChI=1S/C11H16BrNO2S2/c1-8(13)9-3-4-11(10(12)7-9)16-5-6-17(2,14)15/h3-4,7-8H,5-6,13H2,1-2H3/t8-/m1/s1. The highest BCUT2D eigenvalue weighted by Crippen LogP contribution is 2.29. The number of sulfone groups is 1. The quantitative estimate of drug-likeness (QED) is 0.839. The van der Waals surface area contributed by atoms with Gasteiger partial charge in [-0.05, 0) is 40.5 Å². The Hall–Kier alpha value is -0.0400. The largest absolute Gasteiger partial charge is 0.324 e. The lowest BCUT2D eigenvalue weighted by molar-refractivity contribution is 0.603. The number of rotatable bonds is 5. The molecule has 1 aromatic carbocycles. The molecule has 3 nitrogen and oxygen atoms in total. The van der Waals surface area contributed by atoms with Crippen LogP contribution in [-0.4, -0.2) is 26.2 Å². The van der Waals surface area contributed by atoms with E-state index in [2.05, 4.69) is 15.9 Å². The highest BCUT2D eigenvalue weighted by atomic mass is 79.9. The minimum Gasteiger partial charge on any atom is -0.324 e. The molecule has 96 valence electrons. The number of halogens is 1. The molecule has 1 rings (SSSR count). The van der Waals surface area contributed by atoms with Crippen LogP contribution in [0.2, 0.25) is 0 Å². The number of benzene rings is 1. The van der Waals surface area contributed by atoms with E-state index < -0.39 is 9.84 Å². The molecule has 0 spiro atoms. The van der Waals surface area contributed by atoms with Crippen molar-refractivity contribution in [1.82, 2.24) is 0 Å². The average molecular weight is 338 g/mol. The lowest BCUT2D eigenvalue weighted by Crippen LogP contribution is -2.06. The lowest BCUT2D eigenvalue weighted by atomic mass is 10.1. The zero-order valence-electron chi connectivity index (χ0n) is 9.81. The molecule has 0 bridgehead atoms. The van der Waals surface area contributed by atoms with Gasteiger partial charge in [-0.1, -0.05) is 6.07 Å². The average Bonchev–Trinajstić information content (AvgIpc) is 2.18. The van der Waals surface area contributed by atoms with Crippen LogP contribution in [0.5, 0.6) is 0 Å². The van der Waals surface area contributed by atoms with Gasteiger partial charge in [-0.25, -0.2) is 8.42 Å². The number of thioether (sulfide) groups is 1. The van der Waals surface area contributed by atoms with Crippen LogP contribution in [0, 0.1) is 0 Å². The Balaban J connectivity index is 2.67. The van der Waals surface area contributed by atoms with E-state index in [1.54, 1.807) is 0 Å². The summed E-state index contributed by atoms with van der Waals surface area (Å²) in [6.07, 6.45) is 1.25. The van der Waals surface area contributed by atoms with E-state index in [0.29, 0.717) is 5.75 Å². The molecule has 1 aromatic rings. The maximum Gasteiger partial charge on any atom is 0.148 e. The second-order valence-corrected chi connectivity index (χ2v) is 8.21. The molecule has 1 atom stereocenters. The third-order valence-corrected chi connectivity index (χ3v) is 5.39. The summed E-state index contributed by atoms with van der Waals surface area (Å²) in [5.41, 5.74) is 6.84. The molecule has 0 heterocycles. The first-order valence-electron chi connectivity index (χ1n) is 5.15. The van der Waals surface area contributed by atoms with Crippen molar-refractivity contribution in [2.45, 2.75) is 17.9 Å². The molecule has 17 heavy (non-hydrogen) atoms. The lowest BCUT2D eigenvalue weighted by Gasteiger charge is -2.09. The highest BCUT2D eigenvalue weighted by molar-refractivity contribution is 9.10. The Labute approximate surface area is 115 Å². The molecular weight excluding hydrogens is 322 g/mol. The van der Waals surface area contributed by atoms with E-state index in [1.807, 2.05) is 25.1 Å². The van der Waals surface area contributed by atoms with Gasteiger partial charge in [0.15, 0.2) is 0 Å². The Morgan fingerprint density at radius 1 is 1.47 bits per heavy atom. The van der Waals surface area contributed by atoms with Crippen LogP contribution < -0.4 is 5.73 Å². The van der Waals surface area contributed by atoms with Crippen LogP contribution in [0.25, 0.3) is 0 Å². The monoisotopic (exact) mass is 337 g/mol. The summed E-state index contributed by atoms with van der Waals surface area (Å²) in [6, 6.07) is 5.92. The predicted octanol–water partition coefficient (Wildman–Crippen LogP) is 2.61. The van der Waals surface area contributed by atoms with Crippen molar-refractivity contribution in [3.8, 4) is 0 Å². The van der Waals surface area contributed by atoms with Crippen LogP contribution in [0.15, 0.2) is 27.6 Å². The molecule has 2 N–H and O–H groups in total. The van der Waals surface area contributed by atoms with Crippen LogP contribution >= 0.6 is 27.7 Å². The van der Waals surface area contributed by atoms with Gasteiger partial charge in [0.05, 0.1) is 5.75 Å². The van der Waals surface area contributed by atoms with Crippen LogP contribution in [0.1, 0.15) is 18.5 Å². The summed E-state index contributed by atoms with van der Waals surface area (Å²) in [5.74, 6) is 0.758. The summed E-state index contributed by atoms with van der Waals surface area (Å²) in [5, 5.41) is 0. The van der Waals surface area contributed by atoms with Gasteiger partial charge in [-0.15, -0.1) is 11.8 Å². The first-order valence-corrected chi connectivity index (χ1v) is 8.99. The number of hydrogen-bond donors (Lipinski definition) is 1. The zero-order chi connectivity index (χ0) is 13.1. The smallest absolute Gasteiger partial charge is 0.148 e. The molecule has 0 unspecified atom stereocenters. The molecule has 0 radical (unpaired) electrons. The van der Waals surface area contributed by atoms with Crippen molar-refractivity contribution >= 4 is 37.5 Å². The molecule has 0 aliphatic rings. The first-order chi connectivity index (χ1) is 7.79. The fourth-order valence-electron chi connectivity index (χ4n) is 1.22. The second kappa shape index (κ2) is 6.22. The first kappa shape index (κ1) is 15.0. The summed E-state index contributed by atoms with van der Waals surface area (Å²) in [6.45, 7) is 1.93. The maximum absolute atomic E-state index is 11.0. The van der Waals surface area contributed by atoms with Crippen LogP contribution in [0.3, 0.4) is 0 Å². The number of nitrogens with two attached hydrogens (primary N) is 1. The van der Waals surface area contributed by atoms with Crippen molar-refractivity contribution in [1.29, 1.82) is 0 Å². The van der Waals surface area contributed by atoms with Gasteiger partial charge in [0, 0.05) is 27.4 Å². The third kappa shape index (κ3) is 5.42. The SMILES string of the molecule is C[C@@H](N)c1ccc(SCCS(C)(=O)=O)c(Br)c1. The summed E-state index contributed by atoms with van der Waals surface area (Å²) in [4.78, 5) is 1.04. The van der Waals surface area contributed by atoms with Crippen LogP contribution in [0.4, 0.5) is 0 Å². The summed E-state index contributed by atoms with van der Waals surface area (Å²) in [7, 11) is -2.88. The van der Waals surface area contributed by atoms with Crippen LogP contribution in [-0.2, 0) is 9.84 Å². The molecule has 0 aromatic heterocycles. The molecule has 0 fully saturated rings. The van der Waals surface area contributed by atoms with Crippen molar-refractivity contribution in [2.75, 3.05) is 17.8 Å². The Bertz CT molecular complexity index is 486. The van der Waals surface area contributed by atoms with Gasteiger partial charge < -0.3 is 5.73 Å². The van der Waals surface area contributed by atoms with E-state index >= 15 is 0 Å². The van der Waals surface area contributed by atoms with Crippen molar-refractivity contribution in [3.05, 3.63) is 28.2 Å². The summed E-state index contributed by atoms with van der Waals surface area (Å²) >= 11 is 5.00. The highest BCUT2D eigenvalue weighted by Gasteiger charge is 2.07. The van der Waals surface area contributed by atoms with Gasteiger partial charge >= 0.3 is 0 Å². The van der Waals surface area contributed by atoms with Crippen molar-refractivity contribution < 1.29 is 8.42 Å². The van der Waals surface area contributed by atoms with E-state index in [9.17, 15) is 8.42 Å². The topological polar surface area (TPSA) is 60.2 Å². The van der Waals surface area contributed by atoms with E-state index in [4.69, 9.17) is 5.73 Å². The van der Waals surface area contributed by atoms with Gasteiger partial charge in [0.2, 0.25) is 0 Å². The third-order valence-electron chi connectivity index (χ3n) is 2.19. The van der Waals surface area contributed by atoms with E-state index in [0.717, 1.165) is 14.9 Å². The van der Waals surface area contributed by atoms with E-state index in [-0.39, 0.29) is 11.8 Å². The molecule has 0 aliphatic heterocycles. The molecule has 0 aliphatic carbocycles. The minimum atomic E-state index is -2.88. The second-order valence-electron chi connectivity index (χ2n) is 3.96. The van der Waals surface area contributed by atoms with Crippen molar-refractivity contribution in [3.63, 3.8) is 0 Å². The minimum absolute atomic E-state index is 0.00127. The Kier molecular flexibility index (Phi) is 5.50. The van der Waals surface area contributed by atoms with Gasteiger partial charge in [-0.2, -0.15) is 0 Å². The van der Waals surface area contributed by atoms with E-state index in [1.165, 1.54) is 18.0 Å². The predicted molar refractivity (Wildman–Crippen MR) is 77.2 cm³/mol. The molecule has 0 amide bonds. The Morgan fingerprint density at radius 2 is 2.12 bits per heavy atom. The molecule has 6 heteroatoms.